The molecule has 0 bridgehead atoms. The third-order valence-electron chi connectivity index (χ3n) is 1.78. The first-order valence-electron chi connectivity index (χ1n) is 4.32. The Labute approximate surface area is 86.4 Å². The van der Waals surface area contributed by atoms with Crippen LogP contribution in [-0.2, 0) is 11.2 Å². The molecule has 78 valence electrons. The lowest BCUT2D eigenvalue weighted by molar-refractivity contribution is -0.129. The van der Waals surface area contributed by atoms with Gasteiger partial charge in [-0.05, 0) is 30.2 Å². The Morgan fingerprint density at radius 1 is 1.40 bits per heavy atom. The molecule has 3 nitrogen and oxygen atoms in total. The zero-order chi connectivity index (χ0) is 11.3. The molecule has 0 saturated heterocycles. The molecule has 0 aliphatic carbocycles. The van der Waals surface area contributed by atoms with Crippen LogP contribution < -0.4 is 0 Å². The fourth-order valence-corrected chi connectivity index (χ4v) is 1.00. The highest BCUT2D eigenvalue weighted by atomic mass is 19.1. The Bertz CT molecular complexity index is 396. The average Bonchev–Trinajstić information content (AvgIpc) is 2.20. The smallest absolute Gasteiger partial charge is 0.353 e. The van der Waals surface area contributed by atoms with E-state index < -0.39 is 11.7 Å². The maximum atomic E-state index is 12.5. The van der Waals surface area contributed by atoms with Crippen molar-refractivity contribution in [3.05, 3.63) is 47.8 Å². The minimum absolute atomic E-state index is 0.305. The molecule has 0 aliphatic heterocycles. The molecule has 0 atom stereocenters. The van der Waals surface area contributed by atoms with Crippen LogP contribution in [0.3, 0.4) is 0 Å². The van der Waals surface area contributed by atoms with Crippen molar-refractivity contribution in [2.75, 3.05) is 0 Å². The SMILES string of the molecule is N=C(/C=C/Cc1ccc(F)cc1)C(=O)O. The summed E-state index contributed by atoms with van der Waals surface area (Å²) >= 11 is 0. The molecular weight excluding hydrogens is 197 g/mol. The molecule has 0 amide bonds. The van der Waals surface area contributed by atoms with Crippen LogP contribution in [-0.4, -0.2) is 16.8 Å². The van der Waals surface area contributed by atoms with E-state index >= 15 is 0 Å². The number of carbonyl (C=O) groups is 1. The quantitative estimate of drug-likeness (QED) is 0.742. The molecule has 0 spiro atoms. The van der Waals surface area contributed by atoms with Gasteiger partial charge in [0.15, 0.2) is 0 Å². The van der Waals surface area contributed by atoms with E-state index in [1.807, 2.05) is 0 Å². The molecule has 0 fully saturated rings. The number of hydrogen-bond donors (Lipinski definition) is 2. The van der Waals surface area contributed by atoms with E-state index in [4.69, 9.17) is 10.5 Å². The topological polar surface area (TPSA) is 61.2 Å². The highest BCUT2D eigenvalue weighted by Gasteiger charge is 1.99. The molecule has 0 saturated carbocycles. The number of halogens is 1. The molecule has 0 heterocycles. The molecule has 0 radical (unpaired) electrons. The van der Waals surface area contributed by atoms with Crippen molar-refractivity contribution in [3.63, 3.8) is 0 Å². The molecule has 1 aromatic rings. The van der Waals surface area contributed by atoms with Gasteiger partial charge in [-0.3, -0.25) is 5.41 Å². The lowest BCUT2D eigenvalue weighted by Crippen LogP contribution is -2.07. The van der Waals surface area contributed by atoms with Crippen molar-refractivity contribution in [1.82, 2.24) is 0 Å². The van der Waals surface area contributed by atoms with Crippen molar-refractivity contribution in [1.29, 1.82) is 5.41 Å². The van der Waals surface area contributed by atoms with Crippen molar-refractivity contribution in [3.8, 4) is 0 Å². The van der Waals surface area contributed by atoms with E-state index in [-0.39, 0.29) is 5.82 Å². The lowest BCUT2D eigenvalue weighted by Gasteiger charge is -1.95. The summed E-state index contributed by atoms with van der Waals surface area (Å²) < 4.78 is 12.5. The third kappa shape index (κ3) is 3.72. The Morgan fingerprint density at radius 3 is 2.53 bits per heavy atom. The van der Waals surface area contributed by atoms with Crippen LogP contribution in [0.5, 0.6) is 0 Å². The van der Waals surface area contributed by atoms with Gasteiger partial charge in [-0.2, -0.15) is 0 Å². The van der Waals surface area contributed by atoms with Crippen molar-refractivity contribution in [2.24, 2.45) is 0 Å². The van der Waals surface area contributed by atoms with Crippen LogP contribution in [0.2, 0.25) is 0 Å². The fraction of sp³-hybridized carbons (Fsp3) is 0.0909. The summed E-state index contributed by atoms with van der Waals surface area (Å²) in [6.45, 7) is 0. The van der Waals surface area contributed by atoms with Crippen LogP contribution in [0.15, 0.2) is 36.4 Å². The maximum absolute atomic E-state index is 12.5. The Kier molecular flexibility index (Phi) is 3.74. The van der Waals surface area contributed by atoms with Crippen molar-refractivity contribution < 1.29 is 14.3 Å². The first-order chi connectivity index (χ1) is 7.09. The lowest BCUT2D eigenvalue weighted by atomic mass is 10.1. The minimum Gasteiger partial charge on any atom is -0.477 e. The number of hydrogen-bond acceptors (Lipinski definition) is 2. The number of allylic oxidation sites excluding steroid dienone is 1. The van der Waals surface area contributed by atoms with Gasteiger partial charge in [-0.25, -0.2) is 9.18 Å². The summed E-state index contributed by atoms with van der Waals surface area (Å²) in [5.41, 5.74) is 0.406. The first-order valence-corrected chi connectivity index (χ1v) is 4.32. The Balaban J connectivity index is 2.54. The van der Waals surface area contributed by atoms with E-state index in [0.717, 1.165) is 5.56 Å². The number of nitrogens with one attached hydrogen (secondary N) is 1. The summed E-state index contributed by atoms with van der Waals surface area (Å²) in [7, 11) is 0. The van der Waals surface area contributed by atoms with Crippen molar-refractivity contribution in [2.45, 2.75) is 6.42 Å². The van der Waals surface area contributed by atoms with Crippen LogP contribution >= 0.6 is 0 Å². The number of carboxylic acid groups (broad SMARTS) is 1. The highest BCUT2D eigenvalue weighted by molar-refractivity contribution is 6.38. The second kappa shape index (κ2) is 5.05. The standard InChI is InChI=1S/C11H10FNO2/c12-9-6-4-8(5-7-9)2-1-3-10(13)11(14)15/h1,3-7,13H,2H2,(H,14,15)/b3-1+,13-10?. The first kappa shape index (κ1) is 11.1. The summed E-state index contributed by atoms with van der Waals surface area (Å²) in [4.78, 5) is 10.3. The number of benzene rings is 1. The monoisotopic (exact) mass is 207 g/mol. The zero-order valence-electron chi connectivity index (χ0n) is 7.90. The van der Waals surface area contributed by atoms with Gasteiger partial charge in [0.1, 0.15) is 11.5 Å². The largest absolute Gasteiger partial charge is 0.477 e. The summed E-state index contributed by atoms with van der Waals surface area (Å²) in [6, 6.07) is 5.91. The van der Waals surface area contributed by atoms with Crippen LogP contribution in [0.1, 0.15) is 5.56 Å². The summed E-state index contributed by atoms with van der Waals surface area (Å²) in [6.07, 6.45) is 3.26. The molecule has 1 aromatic carbocycles. The molecule has 0 aliphatic rings. The highest BCUT2D eigenvalue weighted by Crippen LogP contribution is 2.03. The molecule has 0 unspecified atom stereocenters. The zero-order valence-corrected chi connectivity index (χ0v) is 7.90. The van der Waals surface area contributed by atoms with Gasteiger partial charge >= 0.3 is 5.97 Å². The average molecular weight is 207 g/mol. The molecule has 0 aromatic heterocycles. The van der Waals surface area contributed by atoms with E-state index in [0.29, 0.717) is 6.42 Å². The van der Waals surface area contributed by atoms with Crippen molar-refractivity contribution >= 4 is 11.7 Å². The van der Waals surface area contributed by atoms with Crippen LogP contribution in [0, 0.1) is 11.2 Å². The molecule has 1 rings (SSSR count). The minimum atomic E-state index is -1.26. The predicted molar refractivity (Wildman–Crippen MR) is 54.6 cm³/mol. The number of carboxylic acids is 1. The van der Waals surface area contributed by atoms with E-state index in [1.165, 1.54) is 18.2 Å². The number of aliphatic carboxylic acids is 1. The van der Waals surface area contributed by atoms with Gasteiger partial charge < -0.3 is 5.11 Å². The molecule has 2 N–H and O–H groups in total. The van der Waals surface area contributed by atoms with Gasteiger partial charge in [0.25, 0.3) is 0 Å². The molecular formula is C11H10FNO2. The van der Waals surface area contributed by atoms with Gasteiger partial charge in [-0.1, -0.05) is 18.2 Å². The van der Waals surface area contributed by atoms with Gasteiger partial charge in [0, 0.05) is 0 Å². The maximum Gasteiger partial charge on any atom is 0.353 e. The Morgan fingerprint density at radius 2 is 2.00 bits per heavy atom. The summed E-state index contributed by atoms with van der Waals surface area (Å²) in [5.74, 6) is -1.56. The second-order valence-corrected chi connectivity index (χ2v) is 2.95. The van der Waals surface area contributed by atoms with Crippen LogP contribution in [0.25, 0.3) is 0 Å². The predicted octanol–water partition coefficient (Wildman–Crippen LogP) is 2.03. The summed E-state index contributed by atoms with van der Waals surface area (Å²) in [5, 5.41) is 15.4. The third-order valence-corrected chi connectivity index (χ3v) is 1.78. The Hall–Kier alpha value is -1.97. The van der Waals surface area contributed by atoms with E-state index in [2.05, 4.69) is 0 Å². The molecule has 15 heavy (non-hydrogen) atoms. The van der Waals surface area contributed by atoms with E-state index in [1.54, 1.807) is 18.2 Å². The van der Waals surface area contributed by atoms with Crippen LogP contribution in [0.4, 0.5) is 4.39 Å². The van der Waals surface area contributed by atoms with Gasteiger partial charge in [0.05, 0.1) is 0 Å². The van der Waals surface area contributed by atoms with E-state index in [9.17, 15) is 9.18 Å². The normalized spacial score (nSPS) is 10.5. The van der Waals surface area contributed by atoms with Gasteiger partial charge in [-0.15, -0.1) is 0 Å². The number of rotatable bonds is 4. The molecule has 4 heteroatoms. The van der Waals surface area contributed by atoms with Gasteiger partial charge in [0.2, 0.25) is 0 Å². The fourth-order valence-electron chi connectivity index (χ4n) is 1.00. The second-order valence-electron chi connectivity index (χ2n) is 2.95.